The molecule has 0 radical (unpaired) electrons. The zero-order chi connectivity index (χ0) is 15.8. The molecule has 0 saturated heterocycles. The molecule has 114 valence electrons. The quantitative estimate of drug-likeness (QED) is 0.578. The molecule has 0 aliphatic heterocycles. The molecule has 0 saturated carbocycles. The zero-order valence-electron chi connectivity index (χ0n) is 13.0. The monoisotopic (exact) mass is 304 g/mol. The Bertz CT molecular complexity index is 976. The minimum Gasteiger partial charge on any atom is -0.489 e. The van der Waals surface area contributed by atoms with Crippen LogP contribution in [0, 0.1) is 0 Å². The van der Waals surface area contributed by atoms with E-state index in [1.165, 1.54) is 0 Å². The van der Waals surface area contributed by atoms with Gasteiger partial charge in [-0.15, -0.1) is 5.10 Å². The van der Waals surface area contributed by atoms with Gasteiger partial charge < -0.3 is 4.74 Å². The largest absolute Gasteiger partial charge is 0.489 e. The average molecular weight is 304 g/mol. The number of para-hydroxylation sites is 1. The number of nitrogens with zero attached hydrogens (tertiary/aromatic N) is 4. The number of aromatic nitrogens is 4. The Labute approximate surface area is 133 Å². The van der Waals surface area contributed by atoms with E-state index >= 15 is 0 Å². The van der Waals surface area contributed by atoms with Crippen LogP contribution in [0.3, 0.4) is 0 Å². The van der Waals surface area contributed by atoms with Crippen molar-refractivity contribution >= 4 is 16.4 Å². The Morgan fingerprint density at radius 3 is 2.70 bits per heavy atom. The number of hydrogen-bond donors (Lipinski definition) is 0. The van der Waals surface area contributed by atoms with Gasteiger partial charge >= 0.3 is 0 Å². The Morgan fingerprint density at radius 1 is 1.00 bits per heavy atom. The highest BCUT2D eigenvalue weighted by Gasteiger charge is 2.14. The van der Waals surface area contributed by atoms with Gasteiger partial charge in [-0.3, -0.25) is 4.98 Å². The van der Waals surface area contributed by atoms with Gasteiger partial charge in [-0.05, 0) is 38.1 Å². The van der Waals surface area contributed by atoms with Crippen molar-refractivity contribution in [2.24, 2.45) is 0 Å². The van der Waals surface area contributed by atoms with E-state index in [9.17, 15) is 0 Å². The van der Waals surface area contributed by atoms with Crippen molar-refractivity contribution in [3.05, 3.63) is 54.7 Å². The lowest BCUT2D eigenvalue weighted by atomic mass is 10.1. The number of ether oxygens (including phenoxy) is 1. The maximum absolute atomic E-state index is 5.95. The van der Waals surface area contributed by atoms with Gasteiger partial charge in [0.1, 0.15) is 17.0 Å². The van der Waals surface area contributed by atoms with E-state index in [0.29, 0.717) is 0 Å². The Morgan fingerprint density at radius 2 is 1.91 bits per heavy atom. The fraction of sp³-hybridized carbons (Fsp3) is 0.167. The van der Waals surface area contributed by atoms with Gasteiger partial charge in [0.05, 0.1) is 17.3 Å². The standard InChI is InChI=1S/C18H16N4O/c1-12(2)23-16-8-5-6-13-9-10-15-17(14-7-3-4-11-19-14)20-21-22(15)18(13)16/h3-12H,1-2H3. The molecule has 0 unspecified atom stereocenters. The molecule has 0 amide bonds. The van der Waals surface area contributed by atoms with Crippen molar-refractivity contribution in [3.63, 3.8) is 0 Å². The molecule has 3 aromatic heterocycles. The van der Waals surface area contributed by atoms with Gasteiger partial charge in [-0.1, -0.05) is 29.5 Å². The van der Waals surface area contributed by atoms with Gasteiger partial charge in [-0.25, -0.2) is 4.52 Å². The van der Waals surface area contributed by atoms with Crippen molar-refractivity contribution < 1.29 is 4.74 Å². The summed E-state index contributed by atoms with van der Waals surface area (Å²) < 4.78 is 7.78. The molecule has 0 atom stereocenters. The van der Waals surface area contributed by atoms with Crippen molar-refractivity contribution in [1.29, 1.82) is 0 Å². The molecule has 5 nitrogen and oxygen atoms in total. The van der Waals surface area contributed by atoms with Gasteiger partial charge in [0.15, 0.2) is 0 Å². The lowest BCUT2D eigenvalue weighted by Gasteiger charge is -2.12. The number of fused-ring (bicyclic) bond motifs is 3. The third-order valence-corrected chi connectivity index (χ3v) is 3.64. The van der Waals surface area contributed by atoms with Crippen LogP contribution >= 0.6 is 0 Å². The molecule has 0 N–H and O–H groups in total. The first-order valence-corrected chi connectivity index (χ1v) is 7.59. The van der Waals surface area contributed by atoms with Gasteiger partial charge in [0, 0.05) is 11.6 Å². The lowest BCUT2D eigenvalue weighted by Crippen LogP contribution is -2.07. The van der Waals surface area contributed by atoms with E-state index in [1.807, 2.05) is 60.8 Å². The van der Waals surface area contributed by atoms with E-state index in [0.717, 1.165) is 33.6 Å². The van der Waals surface area contributed by atoms with Gasteiger partial charge in [0.25, 0.3) is 0 Å². The van der Waals surface area contributed by atoms with Gasteiger partial charge in [0.2, 0.25) is 0 Å². The lowest BCUT2D eigenvalue weighted by molar-refractivity contribution is 0.244. The third-order valence-electron chi connectivity index (χ3n) is 3.64. The Balaban J connectivity index is 2.01. The molecule has 0 spiro atoms. The summed E-state index contributed by atoms with van der Waals surface area (Å²) >= 11 is 0. The fourth-order valence-corrected chi connectivity index (χ4v) is 2.71. The summed E-state index contributed by atoms with van der Waals surface area (Å²) in [5.74, 6) is 0.806. The third kappa shape index (κ3) is 2.30. The van der Waals surface area contributed by atoms with Crippen LogP contribution in [-0.2, 0) is 0 Å². The minimum absolute atomic E-state index is 0.0923. The van der Waals surface area contributed by atoms with Crippen LogP contribution in [0.1, 0.15) is 13.8 Å². The first-order valence-electron chi connectivity index (χ1n) is 7.59. The van der Waals surface area contributed by atoms with Crippen molar-refractivity contribution in [3.8, 4) is 17.1 Å². The van der Waals surface area contributed by atoms with E-state index in [4.69, 9.17) is 4.74 Å². The van der Waals surface area contributed by atoms with Crippen LogP contribution in [0.25, 0.3) is 27.8 Å². The molecule has 23 heavy (non-hydrogen) atoms. The van der Waals surface area contributed by atoms with Crippen LogP contribution < -0.4 is 4.74 Å². The molecule has 5 heteroatoms. The second-order valence-corrected chi connectivity index (χ2v) is 5.64. The Kier molecular flexibility index (Phi) is 3.19. The van der Waals surface area contributed by atoms with E-state index in [2.05, 4.69) is 21.4 Å². The molecule has 0 aliphatic carbocycles. The second-order valence-electron chi connectivity index (χ2n) is 5.64. The molecular formula is C18H16N4O. The summed E-state index contributed by atoms with van der Waals surface area (Å²) in [6.07, 6.45) is 1.85. The number of pyridine rings is 2. The summed E-state index contributed by atoms with van der Waals surface area (Å²) in [4.78, 5) is 4.38. The molecule has 4 rings (SSSR count). The molecule has 4 aromatic rings. The summed E-state index contributed by atoms with van der Waals surface area (Å²) in [5, 5.41) is 9.73. The summed E-state index contributed by atoms with van der Waals surface area (Å²) in [7, 11) is 0. The van der Waals surface area contributed by atoms with Crippen molar-refractivity contribution in [2.75, 3.05) is 0 Å². The predicted octanol–water partition coefficient (Wildman–Crippen LogP) is 3.73. The molecule has 0 bridgehead atoms. The van der Waals surface area contributed by atoms with E-state index in [-0.39, 0.29) is 6.10 Å². The highest BCUT2D eigenvalue weighted by atomic mass is 16.5. The summed E-state index contributed by atoms with van der Waals surface area (Å²) in [6.45, 7) is 4.03. The normalized spacial score (nSPS) is 11.4. The topological polar surface area (TPSA) is 52.3 Å². The maximum Gasteiger partial charge on any atom is 0.146 e. The smallest absolute Gasteiger partial charge is 0.146 e. The molecule has 0 aliphatic rings. The molecule has 1 aromatic carbocycles. The summed E-state index contributed by atoms with van der Waals surface area (Å²) in [6, 6.07) is 15.8. The van der Waals surface area contributed by atoms with Crippen LogP contribution in [0.2, 0.25) is 0 Å². The predicted molar refractivity (Wildman–Crippen MR) is 89.5 cm³/mol. The first kappa shape index (κ1) is 13.7. The highest BCUT2D eigenvalue weighted by molar-refractivity contribution is 5.90. The zero-order valence-corrected chi connectivity index (χ0v) is 13.0. The van der Waals surface area contributed by atoms with Crippen molar-refractivity contribution in [1.82, 2.24) is 19.8 Å². The SMILES string of the molecule is CC(C)Oc1cccc2ccc3c(-c4ccccn4)nnn3c12. The highest BCUT2D eigenvalue weighted by Crippen LogP contribution is 2.30. The van der Waals surface area contributed by atoms with E-state index < -0.39 is 0 Å². The second kappa shape index (κ2) is 5.35. The minimum atomic E-state index is 0.0923. The van der Waals surface area contributed by atoms with Crippen LogP contribution in [0.5, 0.6) is 5.75 Å². The number of rotatable bonds is 3. The fourth-order valence-electron chi connectivity index (χ4n) is 2.71. The molecular weight excluding hydrogens is 288 g/mol. The molecule has 0 fully saturated rings. The average Bonchev–Trinajstić information content (AvgIpc) is 2.99. The number of benzene rings is 1. The Hall–Kier alpha value is -2.95. The van der Waals surface area contributed by atoms with Crippen LogP contribution in [0.15, 0.2) is 54.7 Å². The first-order chi connectivity index (χ1) is 11.2. The van der Waals surface area contributed by atoms with Gasteiger partial charge in [-0.2, -0.15) is 0 Å². The molecule has 3 heterocycles. The van der Waals surface area contributed by atoms with Crippen LogP contribution in [0.4, 0.5) is 0 Å². The summed E-state index contributed by atoms with van der Waals surface area (Å²) in [5.41, 5.74) is 3.42. The van der Waals surface area contributed by atoms with E-state index in [1.54, 1.807) is 6.20 Å². The van der Waals surface area contributed by atoms with Crippen LogP contribution in [-0.4, -0.2) is 25.9 Å². The maximum atomic E-state index is 5.95. The number of hydrogen-bond acceptors (Lipinski definition) is 4. The van der Waals surface area contributed by atoms with Crippen molar-refractivity contribution in [2.45, 2.75) is 20.0 Å².